The van der Waals surface area contributed by atoms with Crippen molar-refractivity contribution in [3.63, 3.8) is 0 Å². The molecule has 0 bridgehead atoms. The average Bonchev–Trinajstić information content (AvgIpc) is 3.08. The number of carbonyl (C=O) groups is 3. The molecule has 0 aromatic heterocycles. The van der Waals surface area contributed by atoms with Crippen molar-refractivity contribution in [1.82, 2.24) is 4.90 Å². The van der Waals surface area contributed by atoms with E-state index in [4.69, 9.17) is 9.90 Å². The minimum Gasteiger partial charge on any atom is -0.483 e. The number of aliphatic carboxylic acids is 2. The lowest BCUT2D eigenvalue weighted by Gasteiger charge is -2.20. The van der Waals surface area contributed by atoms with Gasteiger partial charge in [0.05, 0.1) is 10.8 Å². The summed E-state index contributed by atoms with van der Waals surface area (Å²) in [5, 5.41) is 25.7. The molecule has 136 valence electrons. The van der Waals surface area contributed by atoms with Gasteiger partial charge >= 0.3 is 11.9 Å². The highest BCUT2D eigenvalue weighted by Gasteiger charge is 2.80. The van der Waals surface area contributed by atoms with Gasteiger partial charge in [0.15, 0.2) is 0 Å². The predicted octanol–water partition coefficient (Wildman–Crippen LogP) is 1.87. The van der Waals surface area contributed by atoms with Crippen LogP contribution in [-0.4, -0.2) is 51.7 Å². The molecule has 1 heterocycles. The van der Waals surface area contributed by atoms with Crippen molar-refractivity contribution in [2.75, 3.05) is 13.1 Å². The molecule has 0 amide bonds. The summed E-state index contributed by atoms with van der Waals surface area (Å²) >= 11 is 0. The minimum absolute atomic E-state index is 0.250. The van der Waals surface area contributed by atoms with Crippen LogP contribution in [0.4, 0.5) is 0 Å². The molecule has 7 heteroatoms. The first kappa shape index (κ1) is 18.9. The Hall–Kier alpha value is -2.41. The molecule has 7 nitrogen and oxygen atoms in total. The maximum absolute atomic E-state index is 11.5. The Morgan fingerprint density at radius 1 is 1.12 bits per heavy atom. The van der Waals surface area contributed by atoms with Crippen molar-refractivity contribution in [1.29, 1.82) is 0 Å². The minimum atomic E-state index is -1.09. The molecule has 1 aliphatic carbocycles. The topological polar surface area (TPSA) is 115 Å². The predicted molar refractivity (Wildman–Crippen MR) is 89.3 cm³/mol. The van der Waals surface area contributed by atoms with Gasteiger partial charge in [0.1, 0.15) is 0 Å². The molecule has 1 saturated heterocycles. The largest absolute Gasteiger partial charge is 0.483 e. The summed E-state index contributed by atoms with van der Waals surface area (Å²) in [7, 11) is 0. The molecule has 1 aromatic carbocycles. The third kappa shape index (κ3) is 3.24. The second-order valence-electron chi connectivity index (χ2n) is 7.10. The zero-order valence-corrected chi connectivity index (χ0v) is 14.3. The first-order valence-electron chi connectivity index (χ1n) is 8.08. The van der Waals surface area contributed by atoms with E-state index in [0.29, 0.717) is 25.6 Å². The van der Waals surface area contributed by atoms with Gasteiger partial charge in [0.25, 0.3) is 6.47 Å². The van der Waals surface area contributed by atoms with Gasteiger partial charge in [-0.15, -0.1) is 0 Å². The number of likely N-dealkylation sites (tertiary alicyclic amines) is 1. The number of carboxylic acid groups (broad SMARTS) is 3. The first-order chi connectivity index (χ1) is 11.7. The van der Waals surface area contributed by atoms with E-state index in [1.165, 1.54) is 5.56 Å². The van der Waals surface area contributed by atoms with Crippen molar-refractivity contribution in [2.45, 2.75) is 32.7 Å². The summed E-state index contributed by atoms with van der Waals surface area (Å²) in [5.41, 5.74) is 0.178. The molecular weight excluding hydrogens is 326 g/mol. The Balaban J connectivity index is 0.000000701. The van der Waals surface area contributed by atoms with Crippen LogP contribution in [0.5, 0.6) is 0 Å². The van der Waals surface area contributed by atoms with Crippen LogP contribution in [0.25, 0.3) is 0 Å². The van der Waals surface area contributed by atoms with Gasteiger partial charge in [-0.2, -0.15) is 0 Å². The van der Waals surface area contributed by atoms with Crippen LogP contribution >= 0.6 is 0 Å². The van der Waals surface area contributed by atoms with Crippen LogP contribution < -0.4 is 0 Å². The van der Waals surface area contributed by atoms with Crippen LogP contribution in [0.2, 0.25) is 0 Å². The Morgan fingerprint density at radius 2 is 1.56 bits per heavy atom. The first-order valence-corrected chi connectivity index (χ1v) is 8.08. The standard InChI is InChI=1S/C17H21NO4.CH2O2/c1-11(2)13-5-3-12(4-6-13)7-18-9-16(14(19)20)8-17(16,10-18)15(21)22;2-1-3/h3-6,11H,7-10H2,1-2H3,(H,19,20)(H,21,22);1H,(H,2,3)/t16-,17+;. The molecule has 3 N–H and O–H groups in total. The lowest BCUT2D eigenvalue weighted by atomic mass is 9.97. The Labute approximate surface area is 145 Å². The highest BCUT2D eigenvalue weighted by Crippen LogP contribution is 2.68. The van der Waals surface area contributed by atoms with Gasteiger partial charge < -0.3 is 15.3 Å². The molecule has 2 atom stereocenters. The second-order valence-corrected chi connectivity index (χ2v) is 7.10. The molecule has 1 aromatic rings. The lowest BCUT2D eigenvalue weighted by Crippen LogP contribution is -2.28. The van der Waals surface area contributed by atoms with E-state index in [1.807, 2.05) is 17.0 Å². The van der Waals surface area contributed by atoms with E-state index in [0.717, 1.165) is 5.56 Å². The van der Waals surface area contributed by atoms with Crippen LogP contribution in [-0.2, 0) is 20.9 Å². The van der Waals surface area contributed by atoms with Crippen LogP contribution in [0.15, 0.2) is 24.3 Å². The van der Waals surface area contributed by atoms with E-state index in [9.17, 15) is 19.8 Å². The van der Waals surface area contributed by atoms with E-state index in [2.05, 4.69) is 26.0 Å². The molecule has 0 unspecified atom stereocenters. The van der Waals surface area contributed by atoms with Gasteiger partial charge in [-0.3, -0.25) is 19.3 Å². The smallest absolute Gasteiger partial charge is 0.312 e. The summed E-state index contributed by atoms with van der Waals surface area (Å²) in [6, 6.07) is 8.24. The molecule has 0 radical (unpaired) electrons. The van der Waals surface area contributed by atoms with Gasteiger partial charge in [0, 0.05) is 19.6 Å². The second kappa shape index (κ2) is 6.84. The molecule has 0 spiro atoms. The normalized spacial score (nSPS) is 27.2. The van der Waals surface area contributed by atoms with E-state index in [1.54, 1.807) is 0 Å². The number of nitrogens with zero attached hydrogens (tertiary/aromatic N) is 1. The number of piperidine rings is 1. The van der Waals surface area contributed by atoms with Gasteiger partial charge in [-0.05, 0) is 23.5 Å². The van der Waals surface area contributed by atoms with E-state index in [-0.39, 0.29) is 12.9 Å². The fourth-order valence-corrected chi connectivity index (χ4v) is 3.78. The molecule has 1 aliphatic heterocycles. The van der Waals surface area contributed by atoms with Crippen LogP contribution in [0.1, 0.15) is 37.3 Å². The van der Waals surface area contributed by atoms with Crippen molar-refractivity contribution in [3.05, 3.63) is 35.4 Å². The molecule has 25 heavy (non-hydrogen) atoms. The number of fused-ring (bicyclic) bond motifs is 1. The summed E-state index contributed by atoms with van der Waals surface area (Å²) in [6.45, 7) is 5.26. The third-order valence-corrected chi connectivity index (χ3v) is 5.25. The SMILES string of the molecule is CC(C)c1ccc(CN2C[C@@]3(C(=O)O)C[C@@]3(C(=O)O)C2)cc1.O=CO. The zero-order valence-electron chi connectivity index (χ0n) is 14.3. The number of hydrogen-bond donors (Lipinski definition) is 3. The molecule has 3 rings (SSSR count). The molecule has 1 saturated carbocycles. The van der Waals surface area contributed by atoms with E-state index >= 15 is 0 Å². The maximum atomic E-state index is 11.5. The fraction of sp³-hybridized carbons (Fsp3) is 0.500. The van der Waals surface area contributed by atoms with Crippen molar-refractivity contribution < 1.29 is 29.7 Å². The van der Waals surface area contributed by atoms with Crippen LogP contribution in [0, 0.1) is 10.8 Å². The Bertz CT molecular complexity index is 643. The van der Waals surface area contributed by atoms with E-state index < -0.39 is 22.8 Å². The fourth-order valence-electron chi connectivity index (χ4n) is 3.78. The number of hydrogen-bond acceptors (Lipinski definition) is 4. The monoisotopic (exact) mass is 349 g/mol. The van der Waals surface area contributed by atoms with Crippen molar-refractivity contribution in [2.24, 2.45) is 10.8 Å². The summed E-state index contributed by atoms with van der Waals surface area (Å²) in [5.74, 6) is -1.49. The maximum Gasteiger partial charge on any atom is 0.312 e. The van der Waals surface area contributed by atoms with Gasteiger partial charge in [-0.25, -0.2) is 0 Å². The quantitative estimate of drug-likeness (QED) is 0.695. The Kier molecular flexibility index (Phi) is 5.17. The summed E-state index contributed by atoms with van der Waals surface area (Å²) in [4.78, 5) is 33.3. The van der Waals surface area contributed by atoms with Gasteiger partial charge in [0.2, 0.25) is 0 Å². The molecule has 2 fully saturated rings. The average molecular weight is 349 g/mol. The summed E-state index contributed by atoms with van der Waals surface area (Å²) < 4.78 is 0. The third-order valence-electron chi connectivity index (χ3n) is 5.25. The molecule has 2 aliphatic rings. The Morgan fingerprint density at radius 3 is 1.92 bits per heavy atom. The van der Waals surface area contributed by atoms with Crippen molar-refractivity contribution >= 4 is 18.4 Å². The number of carboxylic acids is 2. The lowest BCUT2D eigenvalue weighted by molar-refractivity contribution is -0.151. The number of rotatable bonds is 5. The highest BCUT2D eigenvalue weighted by atomic mass is 16.4. The van der Waals surface area contributed by atoms with Gasteiger partial charge in [-0.1, -0.05) is 38.1 Å². The molecular formula is C18H23NO6. The van der Waals surface area contributed by atoms with Crippen molar-refractivity contribution in [3.8, 4) is 0 Å². The number of benzene rings is 1. The zero-order chi connectivity index (χ0) is 18.8. The highest BCUT2D eigenvalue weighted by molar-refractivity contribution is 5.94. The summed E-state index contributed by atoms with van der Waals surface area (Å²) in [6.07, 6.45) is 0.257. The van der Waals surface area contributed by atoms with Crippen LogP contribution in [0.3, 0.4) is 0 Å².